The summed E-state index contributed by atoms with van der Waals surface area (Å²) < 4.78 is 1.93. The van der Waals surface area contributed by atoms with Gasteiger partial charge in [-0.1, -0.05) is 0 Å². The number of aromatic nitrogens is 4. The molecule has 4 rings (SSSR count). The van der Waals surface area contributed by atoms with E-state index in [1.807, 2.05) is 22.0 Å². The van der Waals surface area contributed by atoms with Gasteiger partial charge in [-0.05, 0) is 38.7 Å². The normalized spacial score (nSPS) is 22.8. The standard InChI is InChI=1S/C18H25N5O2/c1-11(2)23-8-12(6-19-23)15-9-22(7-13(15)10-24)18(25)17-14-4-3-5-16(14)20-21-17/h6,8,11,13,15,24H,3-5,7,9-10H2,1-2H3,(H,20,21)/t13-,15-/m0/s1. The number of aryl methyl sites for hydroxylation is 1. The lowest BCUT2D eigenvalue weighted by atomic mass is 9.92. The zero-order chi connectivity index (χ0) is 17.6. The molecule has 0 spiro atoms. The third-order valence-corrected chi connectivity index (χ3v) is 5.55. The van der Waals surface area contributed by atoms with Crippen LogP contribution in [0.2, 0.25) is 0 Å². The summed E-state index contributed by atoms with van der Waals surface area (Å²) in [6.45, 7) is 5.41. The fourth-order valence-electron chi connectivity index (χ4n) is 4.07. The molecule has 25 heavy (non-hydrogen) atoms. The van der Waals surface area contributed by atoms with Crippen LogP contribution in [-0.4, -0.2) is 55.6 Å². The van der Waals surface area contributed by atoms with E-state index in [1.165, 1.54) is 0 Å². The summed E-state index contributed by atoms with van der Waals surface area (Å²) >= 11 is 0. The van der Waals surface area contributed by atoms with Crippen molar-refractivity contribution in [1.29, 1.82) is 0 Å². The van der Waals surface area contributed by atoms with Gasteiger partial charge in [-0.25, -0.2) is 0 Å². The van der Waals surface area contributed by atoms with Gasteiger partial charge >= 0.3 is 0 Å². The lowest BCUT2D eigenvalue weighted by Gasteiger charge is -2.15. The van der Waals surface area contributed by atoms with Crippen LogP contribution in [0.1, 0.15) is 59.5 Å². The lowest BCUT2D eigenvalue weighted by Crippen LogP contribution is -2.30. The average molecular weight is 343 g/mol. The molecule has 0 radical (unpaired) electrons. The Morgan fingerprint density at radius 2 is 2.24 bits per heavy atom. The molecule has 2 atom stereocenters. The molecule has 1 fully saturated rings. The van der Waals surface area contributed by atoms with Gasteiger partial charge < -0.3 is 10.0 Å². The number of hydrogen-bond acceptors (Lipinski definition) is 4. The second kappa shape index (κ2) is 6.29. The number of likely N-dealkylation sites (tertiary alicyclic amines) is 1. The van der Waals surface area contributed by atoms with Crippen molar-refractivity contribution < 1.29 is 9.90 Å². The van der Waals surface area contributed by atoms with Crippen LogP contribution in [0, 0.1) is 5.92 Å². The minimum atomic E-state index is -0.0170. The average Bonchev–Trinajstić information content (AvgIpc) is 3.35. The Morgan fingerprint density at radius 1 is 1.40 bits per heavy atom. The largest absolute Gasteiger partial charge is 0.396 e. The van der Waals surface area contributed by atoms with Crippen LogP contribution >= 0.6 is 0 Å². The van der Waals surface area contributed by atoms with E-state index in [0.29, 0.717) is 24.8 Å². The monoisotopic (exact) mass is 343 g/mol. The molecule has 0 bridgehead atoms. The van der Waals surface area contributed by atoms with Gasteiger partial charge in [0.05, 0.1) is 6.20 Å². The topological polar surface area (TPSA) is 87.0 Å². The predicted molar refractivity (Wildman–Crippen MR) is 92.4 cm³/mol. The smallest absolute Gasteiger partial charge is 0.274 e. The van der Waals surface area contributed by atoms with Gasteiger partial charge in [0.25, 0.3) is 5.91 Å². The Kier molecular flexibility index (Phi) is 4.11. The zero-order valence-electron chi connectivity index (χ0n) is 14.8. The van der Waals surface area contributed by atoms with Gasteiger partial charge in [-0.2, -0.15) is 10.2 Å². The van der Waals surface area contributed by atoms with Gasteiger partial charge in [0, 0.05) is 55.0 Å². The molecule has 3 heterocycles. The molecule has 2 N–H and O–H groups in total. The number of carbonyl (C=O) groups is 1. The predicted octanol–water partition coefficient (Wildman–Crippen LogP) is 1.52. The van der Waals surface area contributed by atoms with Gasteiger partial charge in [0.2, 0.25) is 0 Å². The van der Waals surface area contributed by atoms with E-state index in [0.717, 1.165) is 36.1 Å². The fraction of sp³-hybridized carbons (Fsp3) is 0.611. The SMILES string of the molecule is CC(C)n1cc([C@@H]2CN(C(=O)c3n[nH]c4c3CCC4)C[C@H]2CO)cn1. The molecule has 0 saturated carbocycles. The highest BCUT2D eigenvalue weighted by Gasteiger charge is 2.38. The van der Waals surface area contributed by atoms with Crippen LogP contribution in [0.4, 0.5) is 0 Å². The van der Waals surface area contributed by atoms with Crippen molar-refractivity contribution in [3.63, 3.8) is 0 Å². The van der Waals surface area contributed by atoms with E-state index in [4.69, 9.17) is 0 Å². The minimum Gasteiger partial charge on any atom is -0.396 e. The molecular formula is C18H25N5O2. The maximum Gasteiger partial charge on any atom is 0.274 e. The molecule has 7 nitrogen and oxygen atoms in total. The molecule has 1 aliphatic heterocycles. The summed E-state index contributed by atoms with van der Waals surface area (Å²) in [5, 5.41) is 21.5. The van der Waals surface area contributed by atoms with E-state index >= 15 is 0 Å². The van der Waals surface area contributed by atoms with Crippen molar-refractivity contribution in [2.45, 2.75) is 45.1 Å². The minimum absolute atomic E-state index is 0.0170. The number of nitrogens with zero attached hydrogens (tertiary/aromatic N) is 4. The van der Waals surface area contributed by atoms with Gasteiger partial charge in [0.15, 0.2) is 5.69 Å². The number of hydrogen-bond donors (Lipinski definition) is 2. The van der Waals surface area contributed by atoms with E-state index in [1.54, 1.807) is 0 Å². The first kappa shape index (κ1) is 16.3. The Hall–Kier alpha value is -2.15. The first-order valence-corrected chi connectivity index (χ1v) is 9.08. The Morgan fingerprint density at radius 3 is 2.96 bits per heavy atom. The summed E-state index contributed by atoms with van der Waals surface area (Å²) in [4.78, 5) is 14.8. The van der Waals surface area contributed by atoms with E-state index in [9.17, 15) is 9.90 Å². The van der Waals surface area contributed by atoms with Gasteiger partial charge in [-0.3, -0.25) is 14.6 Å². The van der Waals surface area contributed by atoms with Crippen molar-refractivity contribution in [1.82, 2.24) is 24.9 Å². The molecule has 2 aromatic rings. The molecule has 1 aliphatic carbocycles. The Balaban J connectivity index is 1.55. The van der Waals surface area contributed by atoms with Crippen LogP contribution < -0.4 is 0 Å². The molecular weight excluding hydrogens is 318 g/mol. The number of H-pyrrole nitrogens is 1. The molecule has 7 heteroatoms. The number of nitrogens with one attached hydrogen (secondary N) is 1. The summed E-state index contributed by atoms with van der Waals surface area (Å²) in [6.07, 6.45) is 6.90. The third kappa shape index (κ3) is 2.76. The highest BCUT2D eigenvalue weighted by atomic mass is 16.3. The molecule has 1 amide bonds. The van der Waals surface area contributed by atoms with Crippen molar-refractivity contribution in [3.05, 3.63) is 34.9 Å². The number of aliphatic hydroxyl groups is 1. The number of amides is 1. The number of aliphatic hydroxyl groups excluding tert-OH is 1. The van der Waals surface area contributed by atoms with Crippen molar-refractivity contribution in [2.24, 2.45) is 5.92 Å². The van der Waals surface area contributed by atoms with Crippen molar-refractivity contribution >= 4 is 5.91 Å². The van der Waals surface area contributed by atoms with Crippen LogP contribution in [0.15, 0.2) is 12.4 Å². The maximum absolute atomic E-state index is 13.0. The highest BCUT2D eigenvalue weighted by molar-refractivity contribution is 5.94. The number of aromatic amines is 1. The first-order valence-electron chi connectivity index (χ1n) is 9.08. The summed E-state index contributed by atoms with van der Waals surface area (Å²) in [5.74, 6) is 0.144. The Bertz CT molecular complexity index is 778. The van der Waals surface area contributed by atoms with Crippen molar-refractivity contribution in [3.8, 4) is 0 Å². The zero-order valence-corrected chi connectivity index (χ0v) is 14.8. The fourth-order valence-corrected chi connectivity index (χ4v) is 4.07. The number of fused-ring (bicyclic) bond motifs is 1. The molecule has 1 saturated heterocycles. The maximum atomic E-state index is 13.0. The number of rotatable bonds is 4. The molecule has 134 valence electrons. The third-order valence-electron chi connectivity index (χ3n) is 5.55. The Labute approximate surface area is 147 Å². The van der Waals surface area contributed by atoms with E-state index < -0.39 is 0 Å². The summed E-state index contributed by atoms with van der Waals surface area (Å²) in [6, 6.07) is 0.298. The second-order valence-electron chi connectivity index (χ2n) is 7.49. The van der Waals surface area contributed by atoms with Crippen LogP contribution in [0.5, 0.6) is 0 Å². The summed E-state index contributed by atoms with van der Waals surface area (Å²) in [7, 11) is 0. The van der Waals surface area contributed by atoms with Gasteiger partial charge in [0.1, 0.15) is 0 Å². The molecule has 2 aliphatic rings. The quantitative estimate of drug-likeness (QED) is 0.881. The van der Waals surface area contributed by atoms with Gasteiger partial charge in [-0.15, -0.1) is 0 Å². The number of carbonyl (C=O) groups excluding carboxylic acids is 1. The molecule has 0 aromatic carbocycles. The highest BCUT2D eigenvalue weighted by Crippen LogP contribution is 2.34. The molecule has 2 aromatic heterocycles. The van der Waals surface area contributed by atoms with E-state index in [2.05, 4.69) is 29.1 Å². The first-order chi connectivity index (χ1) is 12.1. The van der Waals surface area contributed by atoms with Crippen LogP contribution in [0.3, 0.4) is 0 Å². The van der Waals surface area contributed by atoms with Crippen LogP contribution in [-0.2, 0) is 12.8 Å². The molecule has 0 unspecified atom stereocenters. The van der Waals surface area contributed by atoms with Crippen LogP contribution in [0.25, 0.3) is 0 Å². The second-order valence-corrected chi connectivity index (χ2v) is 7.49. The summed E-state index contributed by atoms with van der Waals surface area (Å²) in [5.41, 5.74) is 3.86. The lowest BCUT2D eigenvalue weighted by molar-refractivity contribution is 0.0774. The van der Waals surface area contributed by atoms with Crippen molar-refractivity contribution in [2.75, 3.05) is 19.7 Å². The van der Waals surface area contributed by atoms with E-state index in [-0.39, 0.29) is 24.3 Å².